The number of furan rings is 1. The second-order valence-corrected chi connectivity index (χ2v) is 5.17. The average molecular weight is 312 g/mol. The van der Waals surface area contributed by atoms with Crippen LogP contribution in [0.1, 0.15) is 5.56 Å². The first-order valence-corrected chi connectivity index (χ1v) is 6.95. The maximum Gasteiger partial charge on any atom is 0.297 e. The lowest BCUT2D eigenvalue weighted by Gasteiger charge is -2.06. The summed E-state index contributed by atoms with van der Waals surface area (Å²) in [6, 6.07) is 11.0. The van der Waals surface area contributed by atoms with E-state index in [9.17, 15) is 13.6 Å². The second kappa shape index (κ2) is 5.01. The predicted molar refractivity (Wildman–Crippen MR) is 81.2 cm³/mol. The molecule has 0 saturated heterocycles. The summed E-state index contributed by atoms with van der Waals surface area (Å²) in [4.78, 5) is 16.7. The normalized spacial score (nSPS) is 11.4. The van der Waals surface area contributed by atoms with Crippen LogP contribution in [0.4, 0.5) is 8.78 Å². The molecule has 2 aromatic heterocycles. The lowest BCUT2D eigenvalue weighted by atomic mass is 10.2. The smallest absolute Gasteiger partial charge is 0.297 e. The van der Waals surface area contributed by atoms with E-state index in [1.54, 1.807) is 12.1 Å². The van der Waals surface area contributed by atoms with E-state index in [-0.39, 0.29) is 17.7 Å². The van der Waals surface area contributed by atoms with E-state index < -0.39 is 17.2 Å². The molecule has 0 N–H and O–H groups in total. The summed E-state index contributed by atoms with van der Waals surface area (Å²) in [6.45, 7) is -0.123. The number of hydrogen-bond acceptors (Lipinski definition) is 3. The van der Waals surface area contributed by atoms with Crippen molar-refractivity contribution < 1.29 is 13.2 Å². The van der Waals surface area contributed by atoms with Crippen LogP contribution in [-0.2, 0) is 6.54 Å². The van der Waals surface area contributed by atoms with Gasteiger partial charge in [-0.3, -0.25) is 9.36 Å². The van der Waals surface area contributed by atoms with Gasteiger partial charge in [0, 0.05) is 10.9 Å². The van der Waals surface area contributed by atoms with Crippen LogP contribution in [0.3, 0.4) is 0 Å². The van der Waals surface area contributed by atoms with Crippen LogP contribution < -0.4 is 5.56 Å². The van der Waals surface area contributed by atoms with Crippen LogP contribution in [0.5, 0.6) is 0 Å². The summed E-state index contributed by atoms with van der Waals surface area (Å²) in [7, 11) is 0. The van der Waals surface area contributed by atoms with Crippen molar-refractivity contribution in [3.8, 4) is 0 Å². The number of para-hydroxylation sites is 1. The van der Waals surface area contributed by atoms with Gasteiger partial charge in [0.05, 0.1) is 12.9 Å². The van der Waals surface area contributed by atoms with E-state index in [2.05, 4.69) is 4.98 Å². The second-order valence-electron chi connectivity index (χ2n) is 5.17. The highest BCUT2D eigenvalue weighted by atomic mass is 19.2. The van der Waals surface area contributed by atoms with Crippen molar-refractivity contribution in [2.45, 2.75) is 6.54 Å². The number of fused-ring (bicyclic) bond motifs is 3. The highest BCUT2D eigenvalue weighted by molar-refractivity contribution is 6.01. The van der Waals surface area contributed by atoms with Crippen LogP contribution in [0.25, 0.3) is 22.1 Å². The summed E-state index contributed by atoms with van der Waals surface area (Å²) in [6.07, 6.45) is 1.32. The van der Waals surface area contributed by atoms with Crippen LogP contribution in [0.2, 0.25) is 0 Å². The third-order valence-corrected chi connectivity index (χ3v) is 3.72. The number of halogens is 2. The zero-order chi connectivity index (χ0) is 16.0. The zero-order valence-electron chi connectivity index (χ0n) is 11.8. The Labute approximate surface area is 128 Å². The van der Waals surface area contributed by atoms with Gasteiger partial charge in [0.25, 0.3) is 5.56 Å². The van der Waals surface area contributed by atoms with Crippen molar-refractivity contribution in [2.75, 3.05) is 0 Å². The SMILES string of the molecule is O=c1c2oc3ccccc3c2ncn1Cc1cccc(F)c1F. The molecule has 0 aliphatic carbocycles. The van der Waals surface area contributed by atoms with Crippen molar-refractivity contribution in [2.24, 2.45) is 0 Å². The van der Waals surface area contributed by atoms with E-state index >= 15 is 0 Å². The molecular weight excluding hydrogens is 302 g/mol. The third-order valence-electron chi connectivity index (χ3n) is 3.72. The highest BCUT2D eigenvalue weighted by Gasteiger charge is 2.14. The van der Waals surface area contributed by atoms with Gasteiger partial charge >= 0.3 is 0 Å². The molecule has 0 radical (unpaired) electrons. The van der Waals surface area contributed by atoms with Gasteiger partial charge in [0.1, 0.15) is 11.1 Å². The third kappa shape index (κ3) is 2.11. The van der Waals surface area contributed by atoms with Crippen molar-refractivity contribution in [1.29, 1.82) is 0 Å². The number of aromatic nitrogens is 2. The van der Waals surface area contributed by atoms with Crippen molar-refractivity contribution >= 4 is 22.1 Å². The standard InChI is InChI=1S/C17H10F2N2O2/c18-12-6-3-4-10(14(12)19)8-21-9-20-15-11-5-1-2-7-13(11)23-16(15)17(21)22/h1-7,9H,8H2. The molecule has 4 nitrogen and oxygen atoms in total. The number of benzene rings is 2. The summed E-state index contributed by atoms with van der Waals surface area (Å²) in [5.41, 5.74) is 0.757. The summed E-state index contributed by atoms with van der Waals surface area (Å²) in [5, 5.41) is 0.740. The van der Waals surface area contributed by atoms with Gasteiger partial charge < -0.3 is 4.42 Å². The van der Waals surface area contributed by atoms with Crippen LogP contribution in [-0.4, -0.2) is 9.55 Å². The van der Waals surface area contributed by atoms with Gasteiger partial charge in [-0.25, -0.2) is 13.8 Å². The van der Waals surface area contributed by atoms with Gasteiger partial charge in [0.15, 0.2) is 11.6 Å². The molecule has 0 aliphatic rings. The van der Waals surface area contributed by atoms with Crippen LogP contribution in [0.15, 0.2) is 58.0 Å². The maximum absolute atomic E-state index is 13.8. The first kappa shape index (κ1) is 13.6. The fourth-order valence-corrected chi connectivity index (χ4v) is 2.58. The molecule has 2 aromatic carbocycles. The fourth-order valence-electron chi connectivity index (χ4n) is 2.58. The molecule has 0 unspecified atom stereocenters. The highest BCUT2D eigenvalue weighted by Crippen LogP contribution is 2.24. The van der Waals surface area contributed by atoms with Crippen molar-refractivity contribution in [3.05, 3.63) is 76.3 Å². The molecule has 4 rings (SSSR count). The van der Waals surface area contributed by atoms with Gasteiger partial charge in [-0.15, -0.1) is 0 Å². The molecule has 23 heavy (non-hydrogen) atoms. The summed E-state index contributed by atoms with van der Waals surface area (Å²) in [5.74, 6) is -1.92. The summed E-state index contributed by atoms with van der Waals surface area (Å²) >= 11 is 0. The van der Waals surface area contributed by atoms with Gasteiger partial charge in [-0.2, -0.15) is 0 Å². The maximum atomic E-state index is 13.8. The molecule has 0 saturated carbocycles. The van der Waals surface area contributed by atoms with Gasteiger partial charge in [0.2, 0.25) is 5.58 Å². The Kier molecular flexibility index (Phi) is 2.97. The molecule has 0 amide bonds. The van der Waals surface area contributed by atoms with Crippen LogP contribution >= 0.6 is 0 Å². The van der Waals surface area contributed by atoms with Crippen molar-refractivity contribution in [3.63, 3.8) is 0 Å². The molecule has 0 aliphatic heterocycles. The Morgan fingerprint density at radius 2 is 1.91 bits per heavy atom. The predicted octanol–water partition coefficient (Wildman–Crippen LogP) is 3.47. The summed E-state index contributed by atoms with van der Waals surface area (Å²) < 4.78 is 33.8. The fraction of sp³-hybridized carbons (Fsp3) is 0.0588. The molecule has 2 heterocycles. The monoisotopic (exact) mass is 312 g/mol. The number of hydrogen-bond donors (Lipinski definition) is 0. The van der Waals surface area contributed by atoms with Gasteiger partial charge in [-0.05, 0) is 18.2 Å². The average Bonchev–Trinajstić information content (AvgIpc) is 2.94. The number of nitrogens with zero attached hydrogens (tertiary/aromatic N) is 2. The molecular formula is C17H10F2N2O2. The Hall–Kier alpha value is -3.02. The van der Waals surface area contributed by atoms with E-state index in [1.807, 2.05) is 12.1 Å². The minimum atomic E-state index is -0.968. The first-order valence-electron chi connectivity index (χ1n) is 6.95. The quantitative estimate of drug-likeness (QED) is 0.569. The molecule has 0 atom stereocenters. The number of rotatable bonds is 2. The molecule has 4 aromatic rings. The van der Waals surface area contributed by atoms with Crippen molar-refractivity contribution in [1.82, 2.24) is 9.55 Å². The largest absolute Gasteiger partial charge is 0.448 e. The molecule has 0 bridgehead atoms. The molecule has 114 valence electrons. The lowest BCUT2D eigenvalue weighted by molar-refractivity contribution is 0.494. The Morgan fingerprint density at radius 3 is 2.78 bits per heavy atom. The Morgan fingerprint density at radius 1 is 1.09 bits per heavy atom. The molecule has 6 heteroatoms. The Bertz CT molecular complexity index is 1100. The molecule has 0 spiro atoms. The minimum Gasteiger partial charge on any atom is -0.448 e. The Balaban J connectivity index is 1.88. The topological polar surface area (TPSA) is 48.0 Å². The van der Waals surface area contributed by atoms with E-state index in [0.717, 1.165) is 11.5 Å². The van der Waals surface area contributed by atoms with Gasteiger partial charge in [-0.1, -0.05) is 24.3 Å². The minimum absolute atomic E-state index is 0.0735. The first-order chi connectivity index (χ1) is 11.1. The molecule has 0 fully saturated rings. The van der Waals surface area contributed by atoms with E-state index in [0.29, 0.717) is 11.1 Å². The van der Waals surface area contributed by atoms with Crippen LogP contribution in [0, 0.1) is 11.6 Å². The zero-order valence-corrected chi connectivity index (χ0v) is 11.8. The van der Waals surface area contributed by atoms with E-state index in [4.69, 9.17) is 4.42 Å². The lowest BCUT2D eigenvalue weighted by Crippen LogP contribution is -2.21. The van der Waals surface area contributed by atoms with E-state index in [1.165, 1.54) is 23.0 Å².